The molecule has 174 valence electrons. The molecule has 29 heavy (non-hydrogen) atoms. The molecule has 0 aliphatic carbocycles. The molecular weight excluding hydrogens is 539 g/mol. The van der Waals surface area contributed by atoms with E-state index in [1.54, 1.807) is 0 Å². The zero-order valence-electron chi connectivity index (χ0n) is 15.3. The third kappa shape index (κ3) is 6.73. The molecule has 0 atom stereocenters. The van der Waals surface area contributed by atoms with E-state index in [0.717, 1.165) is 26.7 Å². The average molecular weight is 557 g/mol. The number of alkyl halides is 12. The second-order valence-electron chi connectivity index (χ2n) is 6.70. The van der Waals surface area contributed by atoms with Crippen molar-refractivity contribution in [2.45, 2.75) is 35.9 Å². The van der Waals surface area contributed by atoms with E-state index in [2.05, 4.69) is 7.53 Å². The van der Waals surface area contributed by atoms with Gasteiger partial charge in [0.15, 0.2) is 0 Å². The number of halogens is 12. The summed E-state index contributed by atoms with van der Waals surface area (Å²) in [6, 6.07) is 0. The van der Waals surface area contributed by atoms with Gasteiger partial charge in [0.1, 0.15) is 0 Å². The first-order chi connectivity index (χ1) is 12.5. The molecule has 0 unspecified atom stereocenters. The molecule has 0 spiro atoms. The van der Waals surface area contributed by atoms with Crippen molar-refractivity contribution in [1.82, 2.24) is 0 Å². The van der Waals surface area contributed by atoms with E-state index in [-0.39, 0.29) is 0 Å². The maximum absolute atomic E-state index is 13.2. The molecule has 0 aromatic carbocycles. The topological polar surface area (TPSA) is 18.5 Å². The molecule has 0 N–H and O–H groups in total. The molecule has 0 aliphatic rings. The molecule has 0 heterocycles. The Bertz CT molecular complexity index is 453. The van der Waals surface area contributed by atoms with Crippen LogP contribution < -0.4 is 0 Å². The van der Waals surface area contributed by atoms with Crippen LogP contribution in [0.5, 0.6) is 0 Å². The minimum atomic E-state index is -6.12. The van der Waals surface area contributed by atoms with Crippen molar-refractivity contribution in [2.75, 3.05) is 39.0 Å². The number of hydrogen-bond acceptors (Lipinski definition) is 2. The Hall–Kier alpha value is 0.483. The van der Waals surface area contributed by atoms with E-state index in [0.29, 0.717) is 0 Å². The Labute approximate surface area is 167 Å². The van der Waals surface area contributed by atoms with Gasteiger partial charge >= 0.3 is 167 Å². The Morgan fingerprint density at radius 2 is 0.724 bits per heavy atom. The van der Waals surface area contributed by atoms with Crippen LogP contribution in [-0.4, -0.2) is 91.0 Å². The second kappa shape index (κ2) is 9.54. The zero-order chi connectivity index (χ0) is 23.7. The summed E-state index contributed by atoms with van der Waals surface area (Å²) in [5.74, 6) is 0. The number of hydrogen-bond donors (Lipinski definition) is 0. The molecule has 0 fully saturated rings. The van der Waals surface area contributed by atoms with E-state index >= 15 is 0 Å². The monoisotopic (exact) mass is 558 g/mol. The van der Waals surface area contributed by atoms with Crippen molar-refractivity contribution in [3.63, 3.8) is 0 Å². The summed E-state index contributed by atoms with van der Waals surface area (Å²) in [5, 5.41) is 0. The van der Waals surface area contributed by atoms with Crippen LogP contribution in [-0.2, 0) is 7.53 Å². The van der Waals surface area contributed by atoms with Crippen LogP contribution in [0.4, 0.5) is 52.7 Å². The van der Waals surface area contributed by atoms with Crippen molar-refractivity contribution in [3.05, 3.63) is 0 Å². The summed E-state index contributed by atoms with van der Waals surface area (Å²) in [6.45, 7) is 4.22. The first kappa shape index (κ1) is 29.5. The predicted octanol–water partition coefficient (Wildman–Crippen LogP) is 5.23. The van der Waals surface area contributed by atoms with E-state index in [1.165, 1.54) is 0 Å². The van der Waals surface area contributed by atoms with Crippen LogP contribution in [0.25, 0.3) is 0 Å². The summed E-state index contributed by atoms with van der Waals surface area (Å²) in [7, 11) is -4.67. The van der Waals surface area contributed by atoms with Gasteiger partial charge in [-0.2, -0.15) is 0 Å². The van der Waals surface area contributed by atoms with Crippen molar-refractivity contribution in [3.8, 4) is 0 Å². The van der Waals surface area contributed by atoms with E-state index in [1.807, 2.05) is 0 Å². The summed E-state index contributed by atoms with van der Waals surface area (Å²) in [4.78, 5) is 0. The summed E-state index contributed by atoms with van der Waals surface area (Å²) in [6.07, 6.45) is -27.8. The third-order valence-corrected chi connectivity index (χ3v) is 7.69. The first-order valence-corrected chi connectivity index (χ1v) is 14.6. The first-order valence-electron chi connectivity index (χ1n) is 7.50. The van der Waals surface area contributed by atoms with Gasteiger partial charge in [0.25, 0.3) is 0 Å². The average Bonchev–Trinajstić information content (AvgIpc) is 2.38. The Balaban J connectivity index is 6.12. The summed E-state index contributed by atoms with van der Waals surface area (Å²) >= 11 is -3.90. The van der Waals surface area contributed by atoms with Gasteiger partial charge in [-0.15, -0.1) is 0 Å². The van der Waals surface area contributed by atoms with Gasteiger partial charge in [0, 0.05) is 0 Å². The van der Waals surface area contributed by atoms with Gasteiger partial charge in [0.05, 0.1) is 0 Å². The molecule has 2 radical (unpaired) electrons. The SMILES string of the molecule is C[PH+](C)CC([O][Ge][O]C(C[PH+](C)C)(C(F)(F)F)C(F)(F)F)(C(F)(F)F)C(F)(F)F. The van der Waals surface area contributed by atoms with Gasteiger partial charge in [-0.25, -0.2) is 0 Å². The zero-order valence-corrected chi connectivity index (χ0v) is 19.4. The molecule has 0 aromatic heterocycles. The van der Waals surface area contributed by atoms with Crippen molar-refractivity contribution >= 4 is 31.9 Å². The Morgan fingerprint density at radius 1 is 0.517 bits per heavy atom. The van der Waals surface area contributed by atoms with Gasteiger partial charge in [-0.05, 0) is 0 Å². The fourth-order valence-corrected chi connectivity index (χ4v) is 7.69. The molecule has 0 aromatic rings. The van der Waals surface area contributed by atoms with E-state index < -0.39 is 80.2 Å². The molecule has 0 saturated carbocycles. The van der Waals surface area contributed by atoms with Gasteiger partial charge in [-0.1, -0.05) is 0 Å². The molecule has 0 saturated heterocycles. The van der Waals surface area contributed by atoms with Gasteiger partial charge in [-0.3, -0.25) is 0 Å². The van der Waals surface area contributed by atoms with Crippen molar-refractivity contribution in [2.24, 2.45) is 0 Å². The summed E-state index contributed by atoms with van der Waals surface area (Å²) < 4.78 is 166. The molecule has 2 nitrogen and oxygen atoms in total. The standard InChI is InChI=1S/C12H16F12GeO2P2/c1-28(2)5-7(9(13,14)15,10(16,17)18)26-25-27-8(6-29(3)4,11(19,20)21)12(22,23)24/h5-6H2,1-4H3/p+2. The molecule has 0 rings (SSSR count). The molecule has 0 bridgehead atoms. The fourth-order valence-electron chi connectivity index (χ4n) is 2.18. The molecule has 17 heteroatoms. The van der Waals surface area contributed by atoms with Crippen LogP contribution in [0.3, 0.4) is 0 Å². The van der Waals surface area contributed by atoms with Crippen LogP contribution in [0, 0.1) is 0 Å². The second-order valence-corrected chi connectivity index (χ2v) is 13.4. The Morgan fingerprint density at radius 3 is 0.862 bits per heavy atom. The van der Waals surface area contributed by atoms with Crippen LogP contribution in [0.1, 0.15) is 0 Å². The quantitative estimate of drug-likeness (QED) is 0.232. The van der Waals surface area contributed by atoms with E-state index in [9.17, 15) is 52.7 Å². The normalized spacial score (nSPS) is 15.5. The van der Waals surface area contributed by atoms with Crippen LogP contribution in [0.15, 0.2) is 0 Å². The predicted molar refractivity (Wildman–Crippen MR) is 87.7 cm³/mol. The van der Waals surface area contributed by atoms with E-state index in [4.69, 9.17) is 0 Å². The molecular formula is C12H18F12GeO2P2+2. The van der Waals surface area contributed by atoms with Gasteiger partial charge in [0.2, 0.25) is 0 Å². The van der Waals surface area contributed by atoms with Crippen molar-refractivity contribution < 1.29 is 60.2 Å². The molecule has 0 aliphatic heterocycles. The number of rotatable bonds is 8. The summed E-state index contributed by atoms with van der Waals surface area (Å²) in [5.41, 5.74) is -9.79. The molecule has 0 amide bonds. The van der Waals surface area contributed by atoms with Crippen LogP contribution >= 0.6 is 15.8 Å². The van der Waals surface area contributed by atoms with Gasteiger partial charge < -0.3 is 0 Å². The fraction of sp³-hybridized carbons (Fsp3) is 1.00. The maximum atomic E-state index is 13.2. The van der Waals surface area contributed by atoms with Crippen molar-refractivity contribution in [1.29, 1.82) is 0 Å². The third-order valence-electron chi connectivity index (χ3n) is 3.47. The minimum absolute atomic E-state index is 1.06. The Kier molecular flexibility index (Phi) is 9.70. The van der Waals surface area contributed by atoms with Crippen LogP contribution in [0.2, 0.25) is 0 Å².